The second kappa shape index (κ2) is 9.30. The van der Waals surface area contributed by atoms with Crippen LogP contribution in [0.2, 0.25) is 0 Å². The zero-order valence-electron chi connectivity index (χ0n) is 15.1. The maximum atomic E-state index is 13.2. The van der Waals surface area contributed by atoms with Crippen LogP contribution in [-0.4, -0.2) is 34.0 Å². The van der Waals surface area contributed by atoms with Crippen molar-refractivity contribution in [3.05, 3.63) is 41.7 Å². The summed E-state index contributed by atoms with van der Waals surface area (Å²) in [4.78, 5) is 4.66. The van der Waals surface area contributed by atoms with Gasteiger partial charge in [0.05, 0.1) is 6.10 Å². The molecule has 2 N–H and O–H groups in total. The van der Waals surface area contributed by atoms with E-state index < -0.39 is 0 Å². The van der Waals surface area contributed by atoms with Crippen LogP contribution in [0.4, 0.5) is 4.39 Å². The van der Waals surface area contributed by atoms with Gasteiger partial charge in [-0.25, -0.2) is 14.1 Å². The van der Waals surface area contributed by atoms with Gasteiger partial charge in [0.2, 0.25) is 0 Å². The van der Waals surface area contributed by atoms with Crippen LogP contribution in [0.5, 0.6) is 5.75 Å². The average Bonchev–Trinajstić information content (AvgIpc) is 3.03. The van der Waals surface area contributed by atoms with E-state index in [4.69, 9.17) is 15.2 Å². The highest BCUT2D eigenvalue weighted by Crippen LogP contribution is 2.32. The standard InChI is InChI=1S/C18H25FN4O2.ClH/c1-3-23-18(12-7-8-16(24-2)15(20)9-12)21-17(22-23)11-25-14-6-4-5-13(19)10-14;/h4-6,10,12,15-16H,3,7-9,11,20H2,1-2H3;1H/t12-,15+,16+;/m0./s1. The minimum atomic E-state index is -0.325. The Morgan fingerprint density at radius 1 is 1.35 bits per heavy atom. The molecule has 1 aliphatic rings. The molecule has 1 saturated carbocycles. The van der Waals surface area contributed by atoms with Gasteiger partial charge in [-0.05, 0) is 38.3 Å². The highest BCUT2D eigenvalue weighted by Gasteiger charge is 2.31. The SMILES string of the molecule is CCn1nc(COc2cccc(F)c2)nc1[C@H]1CC[C@@H](OC)[C@H](N)C1.Cl. The van der Waals surface area contributed by atoms with Gasteiger partial charge in [0.25, 0.3) is 0 Å². The molecule has 2 aromatic rings. The van der Waals surface area contributed by atoms with Gasteiger partial charge in [0, 0.05) is 31.7 Å². The van der Waals surface area contributed by atoms with Crippen LogP contribution in [0, 0.1) is 5.82 Å². The quantitative estimate of drug-likeness (QED) is 0.828. The molecule has 1 aromatic heterocycles. The minimum Gasteiger partial charge on any atom is -0.485 e. The molecule has 26 heavy (non-hydrogen) atoms. The molecule has 0 bridgehead atoms. The molecule has 1 aromatic carbocycles. The molecule has 3 rings (SSSR count). The predicted molar refractivity (Wildman–Crippen MR) is 99.0 cm³/mol. The third-order valence-electron chi connectivity index (χ3n) is 4.71. The molecule has 0 amide bonds. The highest BCUT2D eigenvalue weighted by molar-refractivity contribution is 5.85. The number of hydrogen-bond acceptors (Lipinski definition) is 5. The molecule has 144 valence electrons. The van der Waals surface area contributed by atoms with Crippen molar-refractivity contribution in [3.63, 3.8) is 0 Å². The summed E-state index contributed by atoms with van der Waals surface area (Å²) in [5.74, 6) is 1.97. The third-order valence-corrected chi connectivity index (χ3v) is 4.71. The minimum absolute atomic E-state index is 0. The summed E-state index contributed by atoms with van der Waals surface area (Å²) in [6.07, 6.45) is 2.86. The first-order valence-electron chi connectivity index (χ1n) is 8.71. The number of hydrogen-bond donors (Lipinski definition) is 1. The number of aromatic nitrogens is 3. The van der Waals surface area contributed by atoms with Crippen molar-refractivity contribution < 1.29 is 13.9 Å². The van der Waals surface area contributed by atoms with Crippen molar-refractivity contribution in [1.29, 1.82) is 0 Å². The Labute approximate surface area is 159 Å². The normalized spacial score (nSPS) is 22.7. The largest absolute Gasteiger partial charge is 0.485 e. The molecule has 1 fully saturated rings. The first-order chi connectivity index (χ1) is 12.1. The molecule has 3 atom stereocenters. The maximum absolute atomic E-state index is 13.2. The Morgan fingerprint density at radius 2 is 2.15 bits per heavy atom. The van der Waals surface area contributed by atoms with E-state index in [0.717, 1.165) is 31.6 Å². The van der Waals surface area contributed by atoms with Gasteiger partial charge in [0.1, 0.15) is 24.0 Å². The van der Waals surface area contributed by atoms with Crippen LogP contribution >= 0.6 is 12.4 Å². The smallest absolute Gasteiger partial charge is 0.188 e. The van der Waals surface area contributed by atoms with Crippen molar-refractivity contribution in [2.45, 2.75) is 57.4 Å². The summed E-state index contributed by atoms with van der Waals surface area (Å²) in [6.45, 7) is 2.99. The average molecular weight is 385 g/mol. The van der Waals surface area contributed by atoms with Gasteiger partial charge in [0.15, 0.2) is 5.82 Å². The van der Waals surface area contributed by atoms with Gasteiger partial charge in [-0.1, -0.05) is 6.07 Å². The van der Waals surface area contributed by atoms with Gasteiger partial charge >= 0.3 is 0 Å². The molecule has 0 aliphatic heterocycles. The number of aryl methyl sites for hydroxylation is 1. The van der Waals surface area contributed by atoms with Crippen molar-refractivity contribution in [3.8, 4) is 5.75 Å². The van der Waals surface area contributed by atoms with Gasteiger partial charge in [-0.2, -0.15) is 5.10 Å². The number of benzene rings is 1. The van der Waals surface area contributed by atoms with E-state index in [1.165, 1.54) is 12.1 Å². The van der Waals surface area contributed by atoms with Gasteiger partial charge < -0.3 is 15.2 Å². The second-order valence-electron chi connectivity index (χ2n) is 6.40. The fraction of sp³-hybridized carbons (Fsp3) is 0.556. The molecule has 0 radical (unpaired) electrons. The van der Waals surface area contributed by atoms with Crippen LogP contribution in [0.25, 0.3) is 0 Å². The molecule has 0 saturated heterocycles. The summed E-state index contributed by atoms with van der Waals surface area (Å²) < 4.78 is 26.2. The van der Waals surface area contributed by atoms with E-state index in [9.17, 15) is 4.39 Å². The van der Waals surface area contributed by atoms with E-state index in [2.05, 4.69) is 10.1 Å². The summed E-state index contributed by atoms with van der Waals surface area (Å²) >= 11 is 0. The van der Waals surface area contributed by atoms with E-state index in [-0.39, 0.29) is 42.9 Å². The third kappa shape index (κ3) is 4.72. The lowest BCUT2D eigenvalue weighted by atomic mass is 9.83. The lowest BCUT2D eigenvalue weighted by Gasteiger charge is -2.32. The fourth-order valence-corrected chi connectivity index (χ4v) is 3.41. The second-order valence-corrected chi connectivity index (χ2v) is 6.40. The number of halogens is 2. The molecule has 1 heterocycles. The van der Waals surface area contributed by atoms with E-state index in [0.29, 0.717) is 11.6 Å². The highest BCUT2D eigenvalue weighted by atomic mass is 35.5. The predicted octanol–water partition coefficient (Wildman–Crippen LogP) is 3.05. The Balaban J connectivity index is 0.00000243. The number of ether oxygens (including phenoxy) is 2. The number of rotatable bonds is 6. The summed E-state index contributed by atoms with van der Waals surface area (Å²) in [5.41, 5.74) is 6.22. The summed E-state index contributed by atoms with van der Waals surface area (Å²) in [6, 6.07) is 6.07. The van der Waals surface area contributed by atoms with Crippen molar-refractivity contribution in [1.82, 2.24) is 14.8 Å². The lowest BCUT2D eigenvalue weighted by molar-refractivity contribution is 0.0480. The van der Waals surface area contributed by atoms with Gasteiger partial charge in [-0.15, -0.1) is 12.4 Å². The zero-order chi connectivity index (χ0) is 17.8. The topological polar surface area (TPSA) is 75.2 Å². The molecule has 8 heteroatoms. The number of nitrogens with zero attached hydrogens (tertiary/aromatic N) is 3. The zero-order valence-corrected chi connectivity index (χ0v) is 15.9. The van der Waals surface area contributed by atoms with Crippen molar-refractivity contribution >= 4 is 12.4 Å². The van der Waals surface area contributed by atoms with Gasteiger partial charge in [-0.3, -0.25) is 0 Å². The molecule has 0 spiro atoms. The van der Waals surface area contributed by atoms with Crippen LogP contribution in [0.3, 0.4) is 0 Å². The molecule has 6 nitrogen and oxygen atoms in total. The van der Waals surface area contributed by atoms with E-state index in [1.54, 1.807) is 19.2 Å². The Morgan fingerprint density at radius 3 is 2.81 bits per heavy atom. The lowest BCUT2D eigenvalue weighted by Crippen LogP contribution is -2.41. The van der Waals surface area contributed by atoms with Crippen LogP contribution in [-0.2, 0) is 17.9 Å². The van der Waals surface area contributed by atoms with Crippen LogP contribution < -0.4 is 10.5 Å². The molecular weight excluding hydrogens is 359 g/mol. The Bertz CT molecular complexity index is 712. The number of nitrogens with two attached hydrogens (primary N) is 1. The molecule has 0 unspecified atom stereocenters. The maximum Gasteiger partial charge on any atom is 0.188 e. The fourth-order valence-electron chi connectivity index (χ4n) is 3.41. The monoisotopic (exact) mass is 384 g/mol. The van der Waals surface area contributed by atoms with E-state index >= 15 is 0 Å². The summed E-state index contributed by atoms with van der Waals surface area (Å²) in [7, 11) is 1.71. The summed E-state index contributed by atoms with van der Waals surface area (Å²) in [5, 5.41) is 4.52. The molecule has 1 aliphatic carbocycles. The number of methoxy groups -OCH3 is 1. The first-order valence-corrected chi connectivity index (χ1v) is 8.71. The van der Waals surface area contributed by atoms with Crippen molar-refractivity contribution in [2.75, 3.05) is 7.11 Å². The Hall–Kier alpha value is -1.70. The first kappa shape index (κ1) is 20.6. The van der Waals surface area contributed by atoms with E-state index in [1.807, 2.05) is 11.6 Å². The molecular formula is C18H26ClFN4O2. The van der Waals surface area contributed by atoms with Crippen LogP contribution in [0.1, 0.15) is 43.8 Å². The Kier molecular flexibility index (Phi) is 7.37. The van der Waals surface area contributed by atoms with Crippen LogP contribution in [0.15, 0.2) is 24.3 Å². The van der Waals surface area contributed by atoms with Crippen molar-refractivity contribution in [2.24, 2.45) is 5.73 Å².